The van der Waals surface area contributed by atoms with Crippen molar-refractivity contribution in [3.8, 4) is 5.75 Å². The normalized spacial score (nSPS) is 14.7. The molecule has 2 heterocycles. The maximum Gasteiger partial charge on any atom is 0.251 e. The lowest BCUT2D eigenvalue weighted by Gasteiger charge is -2.19. The Balaban J connectivity index is 1.78. The quantitative estimate of drug-likeness (QED) is 0.937. The van der Waals surface area contributed by atoms with Gasteiger partial charge in [-0.3, -0.25) is 9.48 Å². The lowest BCUT2D eigenvalue weighted by molar-refractivity contribution is 0.0939. The second-order valence-corrected chi connectivity index (χ2v) is 6.37. The number of carbonyl (C=O) groups is 1. The molecule has 1 unspecified atom stereocenters. The number of hydrogen-bond donors (Lipinski definition) is 1. The van der Waals surface area contributed by atoms with Crippen molar-refractivity contribution in [2.75, 3.05) is 6.61 Å². The minimum atomic E-state index is -0.0786. The van der Waals surface area contributed by atoms with Crippen LogP contribution in [-0.4, -0.2) is 22.3 Å². The molecule has 0 fully saturated rings. The number of rotatable bonds is 4. The highest BCUT2D eigenvalue weighted by Crippen LogP contribution is 2.26. The first-order valence-corrected chi connectivity index (χ1v) is 8.61. The van der Waals surface area contributed by atoms with Gasteiger partial charge in [-0.15, -0.1) is 0 Å². The van der Waals surface area contributed by atoms with E-state index in [1.54, 1.807) is 0 Å². The van der Waals surface area contributed by atoms with Crippen LogP contribution < -0.4 is 10.1 Å². The van der Waals surface area contributed by atoms with Crippen LogP contribution in [0.1, 0.15) is 59.2 Å². The molecule has 5 nitrogen and oxygen atoms in total. The Bertz CT molecular complexity index is 764. The molecule has 1 aliphatic heterocycles. The summed E-state index contributed by atoms with van der Waals surface area (Å²) in [5, 5.41) is 7.64. The number of carbonyl (C=O) groups excluding carboxylic acids is 1. The third-order valence-corrected chi connectivity index (χ3v) is 4.69. The number of benzene rings is 1. The average molecular weight is 327 g/mol. The summed E-state index contributed by atoms with van der Waals surface area (Å²) in [7, 11) is 0. The molecule has 5 heteroatoms. The molecule has 1 amide bonds. The van der Waals surface area contributed by atoms with Gasteiger partial charge in [-0.25, -0.2) is 0 Å². The van der Waals surface area contributed by atoms with E-state index in [2.05, 4.69) is 24.3 Å². The van der Waals surface area contributed by atoms with Gasteiger partial charge < -0.3 is 10.1 Å². The minimum absolute atomic E-state index is 0.0566. The molecule has 2 aromatic rings. The van der Waals surface area contributed by atoms with Gasteiger partial charge in [0, 0.05) is 23.4 Å². The molecule has 1 N–H and O–H groups in total. The molecular weight excluding hydrogens is 302 g/mol. The van der Waals surface area contributed by atoms with Crippen molar-refractivity contribution < 1.29 is 9.53 Å². The van der Waals surface area contributed by atoms with Crippen molar-refractivity contribution in [3.63, 3.8) is 0 Å². The van der Waals surface area contributed by atoms with Crippen molar-refractivity contribution in [2.45, 2.75) is 53.1 Å². The second-order valence-electron chi connectivity index (χ2n) is 6.37. The molecular formula is C19H25N3O2. The summed E-state index contributed by atoms with van der Waals surface area (Å²) in [6.45, 7) is 9.72. The Hall–Kier alpha value is -2.30. The van der Waals surface area contributed by atoms with Crippen LogP contribution in [0, 0.1) is 13.8 Å². The van der Waals surface area contributed by atoms with E-state index >= 15 is 0 Å². The topological polar surface area (TPSA) is 56.2 Å². The maximum atomic E-state index is 12.6. The molecule has 1 aliphatic rings. The summed E-state index contributed by atoms with van der Waals surface area (Å²) in [4.78, 5) is 12.6. The molecule has 24 heavy (non-hydrogen) atoms. The highest BCUT2D eigenvalue weighted by atomic mass is 16.5. The SMILES string of the molecule is CCn1nc(C)c(C(C)NC(=O)c2ccc3c(c2)CCCO3)c1C. The number of hydrogen-bond acceptors (Lipinski definition) is 3. The summed E-state index contributed by atoms with van der Waals surface area (Å²) in [5.74, 6) is 0.848. The van der Waals surface area contributed by atoms with E-state index in [0.29, 0.717) is 5.56 Å². The van der Waals surface area contributed by atoms with E-state index in [1.807, 2.05) is 36.7 Å². The second kappa shape index (κ2) is 6.67. The van der Waals surface area contributed by atoms with Crippen molar-refractivity contribution in [1.29, 1.82) is 0 Å². The predicted octanol–water partition coefficient (Wildman–Crippen LogP) is 3.34. The van der Waals surface area contributed by atoms with E-state index < -0.39 is 0 Å². The summed E-state index contributed by atoms with van der Waals surface area (Å²) < 4.78 is 7.59. The van der Waals surface area contributed by atoms with Gasteiger partial charge in [-0.1, -0.05) is 0 Å². The van der Waals surface area contributed by atoms with Gasteiger partial charge in [0.1, 0.15) is 5.75 Å². The molecule has 128 valence electrons. The first-order chi connectivity index (χ1) is 11.5. The molecule has 0 saturated heterocycles. The smallest absolute Gasteiger partial charge is 0.251 e. The van der Waals surface area contributed by atoms with Gasteiger partial charge >= 0.3 is 0 Å². The van der Waals surface area contributed by atoms with E-state index in [4.69, 9.17) is 4.74 Å². The molecule has 1 atom stereocenters. The molecule has 0 aliphatic carbocycles. The monoisotopic (exact) mass is 327 g/mol. The molecule has 0 saturated carbocycles. The van der Waals surface area contributed by atoms with Crippen molar-refractivity contribution in [1.82, 2.24) is 15.1 Å². The summed E-state index contributed by atoms with van der Waals surface area (Å²) in [6.07, 6.45) is 1.97. The molecule has 1 aromatic heterocycles. The number of fused-ring (bicyclic) bond motifs is 1. The Morgan fingerprint density at radius 1 is 1.42 bits per heavy atom. The zero-order chi connectivity index (χ0) is 17.3. The third-order valence-electron chi connectivity index (χ3n) is 4.69. The van der Waals surface area contributed by atoms with Gasteiger partial charge in [0.25, 0.3) is 5.91 Å². The zero-order valence-electron chi connectivity index (χ0n) is 14.8. The number of nitrogens with one attached hydrogen (secondary N) is 1. The van der Waals surface area contributed by atoms with Crippen molar-refractivity contribution in [3.05, 3.63) is 46.3 Å². The van der Waals surface area contributed by atoms with Crippen LogP contribution in [0.4, 0.5) is 0 Å². The van der Waals surface area contributed by atoms with Gasteiger partial charge in [0.2, 0.25) is 0 Å². The molecule has 1 aromatic carbocycles. The van der Waals surface area contributed by atoms with Crippen molar-refractivity contribution in [2.24, 2.45) is 0 Å². The molecule has 0 bridgehead atoms. The first kappa shape index (κ1) is 16.6. The Morgan fingerprint density at radius 3 is 2.92 bits per heavy atom. The zero-order valence-corrected chi connectivity index (χ0v) is 14.8. The van der Waals surface area contributed by atoms with E-state index in [0.717, 1.165) is 54.3 Å². The lowest BCUT2D eigenvalue weighted by Crippen LogP contribution is -2.27. The largest absolute Gasteiger partial charge is 0.493 e. The summed E-state index contributed by atoms with van der Waals surface area (Å²) in [6, 6.07) is 5.61. The Morgan fingerprint density at radius 2 is 2.21 bits per heavy atom. The van der Waals surface area contributed by atoms with Crippen LogP contribution in [0.2, 0.25) is 0 Å². The predicted molar refractivity (Wildman–Crippen MR) is 93.5 cm³/mol. The standard InChI is InChI=1S/C19H25N3O2/c1-5-22-14(4)18(13(3)21-22)12(2)20-19(23)16-8-9-17-15(11-16)7-6-10-24-17/h8-9,11-12H,5-7,10H2,1-4H3,(H,20,23). The van der Waals surface area contributed by atoms with E-state index in [1.165, 1.54) is 0 Å². The van der Waals surface area contributed by atoms with Gasteiger partial charge in [0.15, 0.2) is 0 Å². The highest BCUT2D eigenvalue weighted by Gasteiger charge is 2.20. The first-order valence-electron chi connectivity index (χ1n) is 8.61. The van der Waals surface area contributed by atoms with E-state index in [9.17, 15) is 4.79 Å². The van der Waals surface area contributed by atoms with Crippen molar-refractivity contribution >= 4 is 5.91 Å². The summed E-state index contributed by atoms with van der Waals surface area (Å²) >= 11 is 0. The molecule has 0 spiro atoms. The van der Waals surface area contributed by atoms with Crippen LogP contribution >= 0.6 is 0 Å². The van der Waals surface area contributed by atoms with Gasteiger partial charge in [0.05, 0.1) is 18.3 Å². The molecule has 3 rings (SSSR count). The van der Waals surface area contributed by atoms with Gasteiger partial charge in [-0.2, -0.15) is 5.10 Å². The van der Waals surface area contributed by atoms with Gasteiger partial charge in [-0.05, 0) is 64.3 Å². The minimum Gasteiger partial charge on any atom is -0.493 e. The van der Waals surface area contributed by atoms with Crippen LogP contribution in [0.25, 0.3) is 0 Å². The number of amides is 1. The number of aromatic nitrogens is 2. The van der Waals surface area contributed by atoms with Crippen LogP contribution in [0.15, 0.2) is 18.2 Å². The Labute approximate surface area is 143 Å². The lowest BCUT2D eigenvalue weighted by atomic mass is 10.0. The highest BCUT2D eigenvalue weighted by molar-refractivity contribution is 5.94. The fourth-order valence-electron chi connectivity index (χ4n) is 3.50. The fraction of sp³-hybridized carbons (Fsp3) is 0.474. The van der Waals surface area contributed by atoms with Crippen LogP contribution in [-0.2, 0) is 13.0 Å². The van der Waals surface area contributed by atoms with Crippen LogP contribution in [0.3, 0.4) is 0 Å². The fourth-order valence-corrected chi connectivity index (χ4v) is 3.50. The third kappa shape index (κ3) is 3.03. The number of ether oxygens (including phenoxy) is 1. The summed E-state index contributed by atoms with van der Waals surface area (Å²) in [5.41, 5.74) is 4.99. The van der Waals surface area contributed by atoms with E-state index in [-0.39, 0.29) is 11.9 Å². The van der Waals surface area contributed by atoms with Crippen LogP contribution in [0.5, 0.6) is 5.75 Å². The maximum absolute atomic E-state index is 12.6. The number of aryl methyl sites for hydroxylation is 3. The average Bonchev–Trinajstić information content (AvgIpc) is 2.88. The molecule has 0 radical (unpaired) electrons. The number of nitrogens with zero attached hydrogens (tertiary/aromatic N) is 2. The Kier molecular flexibility index (Phi) is 4.60.